The number of ether oxygens (including phenoxy) is 1. The molecule has 1 saturated heterocycles. The van der Waals surface area contributed by atoms with Gasteiger partial charge in [0.05, 0.1) is 7.11 Å². The van der Waals surface area contributed by atoms with Crippen LogP contribution in [-0.2, 0) is 0 Å². The molecule has 0 bridgehead atoms. The molecule has 19 heavy (non-hydrogen) atoms. The van der Waals surface area contributed by atoms with Crippen molar-refractivity contribution in [2.75, 3.05) is 33.4 Å². The molecule has 3 nitrogen and oxygen atoms in total. The average Bonchev–Trinajstić information content (AvgIpc) is 2.48. The predicted octanol–water partition coefficient (Wildman–Crippen LogP) is 2.41. The number of hydrogen-bond donors (Lipinski definition) is 1. The molecule has 0 amide bonds. The van der Waals surface area contributed by atoms with Crippen molar-refractivity contribution in [3.05, 3.63) is 35.9 Å². The molecular formula is C16H23NO2. The summed E-state index contributed by atoms with van der Waals surface area (Å²) in [5, 5.41) is 9.22. The Kier molecular flexibility index (Phi) is 5.43. The number of benzene rings is 1. The molecule has 0 radical (unpaired) electrons. The van der Waals surface area contributed by atoms with E-state index in [0.717, 1.165) is 37.4 Å². The van der Waals surface area contributed by atoms with E-state index in [1.54, 1.807) is 7.11 Å². The molecule has 0 aromatic heterocycles. The molecule has 0 saturated carbocycles. The molecule has 1 aromatic carbocycles. The molecule has 1 fully saturated rings. The lowest BCUT2D eigenvalue weighted by Gasteiger charge is -2.30. The van der Waals surface area contributed by atoms with Crippen LogP contribution in [0.1, 0.15) is 18.4 Å². The summed E-state index contributed by atoms with van der Waals surface area (Å²) in [5.41, 5.74) is 1.11. The number of hydrogen-bond acceptors (Lipinski definition) is 3. The Morgan fingerprint density at radius 1 is 1.42 bits per heavy atom. The van der Waals surface area contributed by atoms with E-state index in [1.165, 1.54) is 6.42 Å². The van der Waals surface area contributed by atoms with Crippen LogP contribution in [0.4, 0.5) is 0 Å². The van der Waals surface area contributed by atoms with Crippen molar-refractivity contribution < 1.29 is 9.84 Å². The molecule has 3 heteroatoms. The lowest BCUT2D eigenvalue weighted by Crippen LogP contribution is -2.36. The highest BCUT2D eigenvalue weighted by atomic mass is 16.5. The van der Waals surface area contributed by atoms with Crippen molar-refractivity contribution in [2.45, 2.75) is 12.8 Å². The number of piperidine rings is 1. The maximum absolute atomic E-state index is 9.22. The fourth-order valence-corrected chi connectivity index (χ4v) is 2.60. The smallest absolute Gasteiger partial charge is 0.126 e. The molecule has 1 heterocycles. The monoisotopic (exact) mass is 261 g/mol. The van der Waals surface area contributed by atoms with E-state index in [-0.39, 0.29) is 0 Å². The van der Waals surface area contributed by atoms with Crippen LogP contribution in [0.5, 0.6) is 5.75 Å². The van der Waals surface area contributed by atoms with E-state index in [2.05, 4.69) is 23.1 Å². The van der Waals surface area contributed by atoms with Gasteiger partial charge in [0.15, 0.2) is 0 Å². The molecular weight excluding hydrogens is 238 g/mol. The van der Waals surface area contributed by atoms with Crippen molar-refractivity contribution in [3.8, 4) is 5.75 Å². The van der Waals surface area contributed by atoms with Crippen molar-refractivity contribution in [2.24, 2.45) is 5.92 Å². The summed E-state index contributed by atoms with van der Waals surface area (Å²) in [7, 11) is 1.70. The van der Waals surface area contributed by atoms with Crippen LogP contribution in [0.2, 0.25) is 0 Å². The van der Waals surface area contributed by atoms with Crippen LogP contribution in [0.15, 0.2) is 30.3 Å². The maximum atomic E-state index is 9.22. The third kappa shape index (κ3) is 4.08. The van der Waals surface area contributed by atoms with Gasteiger partial charge in [0.1, 0.15) is 5.75 Å². The Morgan fingerprint density at radius 2 is 2.26 bits per heavy atom. The standard InChI is InChI=1S/C16H23NO2/c1-19-16-9-3-2-7-15(16)8-5-11-17-10-4-6-14(12-17)13-18/h2-3,5,7-9,14,18H,4,6,10-13H2,1H3. The number of likely N-dealkylation sites (tertiary alicyclic amines) is 1. The molecule has 1 N–H and O–H groups in total. The quantitative estimate of drug-likeness (QED) is 0.883. The van der Waals surface area contributed by atoms with E-state index < -0.39 is 0 Å². The summed E-state index contributed by atoms with van der Waals surface area (Å²) >= 11 is 0. The third-order valence-electron chi connectivity index (χ3n) is 3.66. The van der Waals surface area contributed by atoms with Gasteiger partial charge < -0.3 is 9.84 Å². The number of aliphatic hydroxyl groups excluding tert-OH is 1. The van der Waals surface area contributed by atoms with Crippen LogP contribution in [0.3, 0.4) is 0 Å². The predicted molar refractivity (Wildman–Crippen MR) is 78.3 cm³/mol. The van der Waals surface area contributed by atoms with Gasteiger partial charge in [0.2, 0.25) is 0 Å². The first kappa shape index (κ1) is 14.1. The van der Waals surface area contributed by atoms with Gasteiger partial charge >= 0.3 is 0 Å². The molecule has 1 aliphatic rings. The largest absolute Gasteiger partial charge is 0.496 e. The van der Waals surface area contributed by atoms with Crippen molar-refractivity contribution in [1.82, 2.24) is 4.90 Å². The second-order valence-corrected chi connectivity index (χ2v) is 5.09. The number of nitrogens with zero attached hydrogens (tertiary/aromatic N) is 1. The second kappa shape index (κ2) is 7.31. The van der Waals surface area contributed by atoms with Gasteiger partial charge in [-0.2, -0.15) is 0 Å². The van der Waals surface area contributed by atoms with Gasteiger partial charge in [-0.05, 0) is 31.4 Å². The van der Waals surface area contributed by atoms with E-state index in [9.17, 15) is 5.11 Å². The minimum Gasteiger partial charge on any atom is -0.496 e. The molecule has 0 aliphatic carbocycles. The zero-order valence-electron chi connectivity index (χ0n) is 11.6. The Bertz CT molecular complexity index is 417. The zero-order valence-corrected chi connectivity index (χ0v) is 11.6. The minimum absolute atomic E-state index is 0.312. The summed E-state index contributed by atoms with van der Waals surface area (Å²) in [5.74, 6) is 1.36. The molecule has 0 spiro atoms. The zero-order chi connectivity index (χ0) is 13.5. The highest BCUT2D eigenvalue weighted by Gasteiger charge is 2.17. The van der Waals surface area contributed by atoms with Crippen LogP contribution in [-0.4, -0.2) is 43.4 Å². The Balaban J connectivity index is 1.89. The number of para-hydroxylation sites is 1. The minimum atomic E-state index is 0.312. The SMILES string of the molecule is COc1ccccc1C=CCN1CCCC(CO)C1. The molecule has 2 rings (SSSR count). The first-order valence-corrected chi connectivity index (χ1v) is 6.96. The van der Waals surface area contributed by atoms with Gasteiger partial charge in [0.25, 0.3) is 0 Å². The van der Waals surface area contributed by atoms with Gasteiger partial charge in [-0.3, -0.25) is 4.90 Å². The number of methoxy groups -OCH3 is 1. The summed E-state index contributed by atoms with van der Waals surface area (Å²) < 4.78 is 5.32. The highest BCUT2D eigenvalue weighted by Crippen LogP contribution is 2.19. The molecule has 1 atom stereocenters. The fraction of sp³-hybridized carbons (Fsp3) is 0.500. The first-order valence-electron chi connectivity index (χ1n) is 6.96. The number of aliphatic hydroxyl groups is 1. The summed E-state index contributed by atoms with van der Waals surface area (Å²) in [6.45, 7) is 3.39. The average molecular weight is 261 g/mol. The van der Waals surface area contributed by atoms with Gasteiger partial charge in [-0.1, -0.05) is 30.4 Å². The number of rotatable bonds is 5. The maximum Gasteiger partial charge on any atom is 0.126 e. The van der Waals surface area contributed by atoms with Crippen LogP contribution in [0, 0.1) is 5.92 Å². The molecule has 104 valence electrons. The van der Waals surface area contributed by atoms with Crippen LogP contribution >= 0.6 is 0 Å². The molecule has 1 aliphatic heterocycles. The Morgan fingerprint density at radius 3 is 3.05 bits per heavy atom. The lowest BCUT2D eigenvalue weighted by atomic mass is 9.99. The summed E-state index contributed by atoms with van der Waals surface area (Å²) in [6.07, 6.45) is 6.63. The lowest BCUT2D eigenvalue weighted by molar-refractivity contribution is 0.129. The summed E-state index contributed by atoms with van der Waals surface area (Å²) in [6, 6.07) is 8.03. The van der Waals surface area contributed by atoms with Crippen molar-refractivity contribution in [3.63, 3.8) is 0 Å². The van der Waals surface area contributed by atoms with Crippen LogP contribution < -0.4 is 4.74 Å². The van der Waals surface area contributed by atoms with Crippen molar-refractivity contribution >= 4 is 6.08 Å². The second-order valence-electron chi connectivity index (χ2n) is 5.09. The molecule has 1 unspecified atom stereocenters. The Labute approximate surface area is 115 Å². The normalized spacial score (nSPS) is 20.8. The topological polar surface area (TPSA) is 32.7 Å². The van der Waals surface area contributed by atoms with Gasteiger partial charge in [-0.15, -0.1) is 0 Å². The fourth-order valence-electron chi connectivity index (χ4n) is 2.60. The molecule has 1 aromatic rings. The Hall–Kier alpha value is -1.32. The van der Waals surface area contributed by atoms with E-state index in [0.29, 0.717) is 12.5 Å². The van der Waals surface area contributed by atoms with E-state index in [4.69, 9.17) is 4.74 Å². The van der Waals surface area contributed by atoms with Gasteiger partial charge in [0, 0.05) is 25.3 Å². The third-order valence-corrected chi connectivity index (χ3v) is 3.66. The van der Waals surface area contributed by atoms with Crippen LogP contribution in [0.25, 0.3) is 6.08 Å². The summed E-state index contributed by atoms with van der Waals surface area (Å²) in [4.78, 5) is 2.40. The highest BCUT2D eigenvalue weighted by molar-refractivity contribution is 5.57. The van der Waals surface area contributed by atoms with Gasteiger partial charge in [-0.25, -0.2) is 0 Å². The van der Waals surface area contributed by atoms with E-state index >= 15 is 0 Å². The van der Waals surface area contributed by atoms with E-state index in [1.807, 2.05) is 18.2 Å². The van der Waals surface area contributed by atoms with Crippen molar-refractivity contribution in [1.29, 1.82) is 0 Å². The first-order chi connectivity index (χ1) is 9.33.